The maximum atomic E-state index is 13.2. The van der Waals surface area contributed by atoms with Crippen LogP contribution in [0.1, 0.15) is 15.9 Å². The molecule has 5 aromatic rings. The van der Waals surface area contributed by atoms with Crippen molar-refractivity contribution in [3.05, 3.63) is 78.2 Å². The number of amides is 1. The van der Waals surface area contributed by atoms with E-state index in [0.717, 1.165) is 27.8 Å². The van der Waals surface area contributed by atoms with E-state index >= 15 is 0 Å². The molecule has 3 heterocycles. The number of nitrogens with zero attached hydrogens (tertiary/aromatic N) is 5. The minimum Gasteiger partial charge on any atom is -0.496 e. The molecular formula is C23H17FN6O3S2. The van der Waals surface area contributed by atoms with Gasteiger partial charge in [-0.1, -0.05) is 41.5 Å². The Hall–Kier alpha value is -4.03. The van der Waals surface area contributed by atoms with Gasteiger partial charge in [0.05, 0.1) is 24.4 Å². The van der Waals surface area contributed by atoms with E-state index in [1.807, 2.05) is 42.5 Å². The Balaban J connectivity index is 1.32. The molecule has 12 heteroatoms. The molecule has 1 N–H and O–H groups in total. The number of hydrogen-bond donors (Lipinski definition) is 1. The third-order valence-corrected chi connectivity index (χ3v) is 6.31. The lowest BCUT2D eigenvalue weighted by molar-refractivity contribution is 0.102. The van der Waals surface area contributed by atoms with Crippen LogP contribution in [0.2, 0.25) is 0 Å². The number of pyridine rings is 1. The molecule has 0 spiro atoms. The molecule has 1 amide bonds. The Kier molecular flexibility index (Phi) is 6.55. The number of rotatable bonds is 8. The average molecular weight is 509 g/mol. The van der Waals surface area contributed by atoms with Crippen LogP contribution in [-0.2, 0) is 6.61 Å². The fraction of sp³-hybridized carbons (Fsp3) is 0.0870. The number of anilines is 1. The van der Waals surface area contributed by atoms with Crippen molar-refractivity contribution in [1.29, 1.82) is 0 Å². The van der Waals surface area contributed by atoms with Crippen molar-refractivity contribution in [3.8, 4) is 22.1 Å². The van der Waals surface area contributed by atoms with Crippen LogP contribution in [0.3, 0.4) is 0 Å². The summed E-state index contributed by atoms with van der Waals surface area (Å²) in [6, 6.07) is 14.5. The van der Waals surface area contributed by atoms with E-state index in [1.54, 1.807) is 31.8 Å². The standard InChI is InChI=1S/C23H17FN6O3S2/c1-32-19-8-3-2-7-16(19)18-12-25-10-9-17(18)21(31)27-22-28-29-23(34-22)33-13-15-6-4-5-14-11-26-30(35-24)20(14)15/h2-12H,13H2,1H3,(H,27,28,31). The van der Waals surface area contributed by atoms with Crippen LogP contribution in [0.15, 0.2) is 67.1 Å². The molecule has 0 bridgehead atoms. The predicted molar refractivity (Wildman–Crippen MR) is 132 cm³/mol. The Morgan fingerprint density at radius 1 is 1.11 bits per heavy atom. The predicted octanol–water partition coefficient (Wildman–Crippen LogP) is 5.17. The van der Waals surface area contributed by atoms with Crippen molar-refractivity contribution in [2.75, 3.05) is 12.4 Å². The van der Waals surface area contributed by atoms with Crippen molar-refractivity contribution in [3.63, 3.8) is 0 Å². The molecule has 0 aliphatic carbocycles. The molecule has 0 fully saturated rings. The first-order valence-corrected chi connectivity index (χ1v) is 11.8. The molecule has 0 unspecified atom stereocenters. The van der Waals surface area contributed by atoms with Crippen LogP contribution in [-0.4, -0.2) is 37.4 Å². The highest BCUT2D eigenvalue weighted by molar-refractivity contribution is 7.92. The number of carbonyl (C=O) groups is 1. The lowest BCUT2D eigenvalue weighted by Crippen LogP contribution is -2.13. The van der Waals surface area contributed by atoms with Gasteiger partial charge in [0.15, 0.2) is 12.3 Å². The Morgan fingerprint density at radius 3 is 2.86 bits per heavy atom. The molecule has 35 heavy (non-hydrogen) atoms. The lowest BCUT2D eigenvalue weighted by Gasteiger charge is -2.11. The van der Waals surface area contributed by atoms with E-state index in [1.165, 1.54) is 4.09 Å². The van der Waals surface area contributed by atoms with Crippen LogP contribution >= 0.6 is 23.7 Å². The zero-order valence-electron chi connectivity index (χ0n) is 18.2. The topological polar surface area (TPSA) is 104 Å². The first-order valence-electron chi connectivity index (χ1n) is 10.3. The fourth-order valence-corrected chi connectivity index (χ4v) is 4.55. The third kappa shape index (κ3) is 4.66. The van der Waals surface area contributed by atoms with Crippen LogP contribution in [0, 0.1) is 0 Å². The number of methoxy groups -OCH3 is 1. The van der Waals surface area contributed by atoms with Gasteiger partial charge in [-0.05, 0) is 23.5 Å². The summed E-state index contributed by atoms with van der Waals surface area (Å²) in [7, 11) is 1.57. The van der Waals surface area contributed by atoms with Gasteiger partial charge in [0.25, 0.3) is 11.1 Å². The summed E-state index contributed by atoms with van der Waals surface area (Å²) in [6.07, 6.45) is 4.74. The number of benzene rings is 2. The minimum atomic E-state index is -0.371. The van der Waals surface area contributed by atoms with Gasteiger partial charge in [-0.3, -0.25) is 15.1 Å². The second kappa shape index (κ2) is 10.1. The summed E-state index contributed by atoms with van der Waals surface area (Å²) >= 11 is 1.10. The van der Waals surface area contributed by atoms with E-state index in [-0.39, 0.29) is 35.2 Å². The van der Waals surface area contributed by atoms with Gasteiger partial charge >= 0.3 is 0 Å². The molecule has 0 saturated heterocycles. The molecule has 2 aromatic carbocycles. The molecule has 0 aliphatic heterocycles. The number of hydrogen-bond acceptors (Lipinski definition) is 9. The first kappa shape index (κ1) is 22.7. The van der Waals surface area contributed by atoms with Crippen molar-refractivity contribution in [2.24, 2.45) is 0 Å². The monoisotopic (exact) mass is 508 g/mol. The van der Waals surface area contributed by atoms with Crippen LogP contribution in [0.25, 0.3) is 22.0 Å². The molecule has 176 valence electrons. The molecule has 0 saturated carbocycles. The second-order valence-corrected chi connectivity index (χ2v) is 8.60. The number of halogens is 1. The second-order valence-electron chi connectivity index (χ2n) is 7.18. The number of nitrogens with one attached hydrogen (secondary N) is 1. The fourth-order valence-electron chi connectivity index (χ4n) is 3.59. The zero-order valence-corrected chi connectivity index (χ0v) is 19.8. The summed E-state index contributed by atoms with van der Waals surface area (Å²) in [5.74, 6) is 0.258. The lowest BCUT2D eigenvalue weighted by atomic mass is 10.0. The van der Waals surface area contributed by atoms with E-state index in [4.69, 9.17) is 9.47 Å². The van der Waals surface area contributed by atoms with Gasteiger partial charge < -0.3 is 9.47 Å². The number of fused-ring (bicyclic) bond motifs is 1. The van der Waals surface area contributed by atoms with Crippen LogP contribution in [0.5, 0.6) is 10.9 Å². The zero-order chi connectivity index (χ0) is 24.2. The summed E-state index contributed by atoms with van der Waals surface area (Å²) in [4.78, 5) is 17.2. The molecule has 0 aliphatic rings. The van der Waals surface area contributed by atoms with Crippen LogP contribution in [0.4, 0.5) is 9.02 Å². The van der Waals surface area contributed by atoms with Crippen molar-refractivity contribution in [1.82, 2.24) is 24.4 Å². The van der Waals surface area contributed by atoms with Crippen molar-refractivity contribution < 1.29 is 18.2 Å². The Labute approximate surface area is 207 Å². The molecule has 9 nitrogen and oxygen atoms in total. The largest absolute Gasteiger partial charge is 0.496 e. The number of carbonyl (C=O) groups excluding carboxylic acids is 1. The maximum absolute atomic E-state index is 13.2. The summed E-state index contributed by atoms with van der Waals surface area (Å²) < 4.78 is 25.6. The van der Waals surface area contributed by atoms with E-state index < -0.39 is 0 Å². The van der Waals surface area contributed by atoms with Gasteiger partial charge in [0.2, 0.25) is 5.13 Å². The summed E-state index contributed by atoms with van der Waals surface area (Å²) in [6.45, 7) is 0.133. The first-order chi connectivity index (χ1) is 17.2. The quantitative estimate of drug-likeness (QED) is 0.306. The molecule has 0 radical (unpaired) electrons. The van der Waals surface area contributed by atoms with Gasteiger partial charge in [-0.15, -0.1) is 8.98 Å². The smallest absolute Gasteiger partial charge is 0.296 e. The SMILES string of the molecule is COc1ccccc1-c1cnccc1C(=O)Nc1nnc(OCc2cccc3cnn(SF)c23)s1. The minimum absolute atomic E-state index is 0.0162. The molecule has 3 aromatic heterocycles. The number of para-hydroxylation sites is 2. The Bertz CT molecular complexity index is 1510. The number of aromatic nitrogens is 5. The van der Waals surface area contributed by atoms with E-state index in [2.05, 4.69) is 25.6 Å². The van der Waals surface area contributed by atoms with Gasteiger partial charge in [0, 0.05) is 34.5 Å². The van der Waals surface area contributed by atoms with Gasteiger partial charge in [-0.2, -0.15) is 9.19 Å². The summed E-state index contributed by atoms with van der Waals surface area (Å²) in [5.41, 5.74) is 3.14. The summed E-state index contributed by atoms with van der Waals surface area (Å²) in [5, 5.41) is 16.1. The van der Waals surface area contributed by atoms with Crippen molar-refractivity contribution >= 4 is 45.6 Å². The van der Waals surface area contributed by atoms with Gasteiger partial charge in [-0.25, -0.2) is 0 Å². The molecule has 0 atom stereocenters. The number of ether oxygens (including phenoxy) is 2. The van der Waals surface area contributed by atoms with Gasteiger partial charge in [0.1, 0.15) is 12.4 Å². The highest BCUT2D eigenvalue weighted by Gasteiger charge is 2.18. The maximum Gasteiger partial charge on any atom is 0.296 e. The Morgan fingerprint density at radius 2 is 2.00 bits per heavy atom. The molecular weight excluding hydrogens is 491 g/mol. The third-order valence-electron chi connectivity index (χ3n) is 5.15. The highest BCUT2D eigenvalue weighted by Crippen LogP contribution is 2.32. The van der Waals surface area contributed by atoms with Crippen molar-refractivity contribution in [2.45, 2.75) is 6.61 Å². The molecule has 5 rings (SSSR count). The highest BCUT2D eigenvalue weighted by atomic mass is 32.2. The normalized spacial score (nSPS) is 10.9. The van der Waals surface area contributed by atoms with Crippen LogP contribution < -0.4 is 14.8 Å². The van der Waals surface area contributed by atoms with E-state index in [9.17, 15) is 8.68 Å². The average Bonchev–Trinajstić information content (AvgIpc) is 3.54. The van der Waals surface area contributed by atoms with E-state index in [0.29, 0.717) is 22.4 Å².